The molecule has 4 rings (SSSR count). The van der Waals surface area contributed by atoms with Crippen LogP contribution >= 0.6 is 0 Å². The lowest BCUT2D eigenvalue weighted by Gasteiger charge is -2.24. The van der Waals surface area contributed by atoms with E-state index >= 15 is 0 Å². The van der Waals surface area contributed by atoms with Crippen molar-refractivity contribution in [2.45, 2.75) is 64.8 Å². The lowest BCUT2D eigenvalue weighted by molar-refractivity contribution is 0.254. The molecule has 0 amide bonds. The number of aryl methyl sites for hydroxylation is 1. The van der Waals surface area contributed by atoms with E-state index in [0.29, 0.717) is 6.04 Å². The molecule has 0 bridgehead atoms. The SMILES string of the molecule is CCn1ncc2c1CCC[C@@H]2NCc1cc2c(cc1OC)C[C@H](C)O2. The Labute approximate surface area is 149 Å². The van der Waals surface area contributed by atoms with Gasteiger partial charge in [0, 0.05) is 47.9 Å². The lowest BCUT2D eigenvalue weighted by atomic mass is 9.92. The van der Waals surface area contributed by atoms with Gasteiger partial charge in [-0.1, -0.05) is 0 Å². The van der Waals surface area contributed by atoms with Gasteiger partial charge in [-0.25, -0.2) is 0 Å². The zero-order valence-corrected chi connectivity index (χ0v) is 15.3. The monoisotopic (exact) mass is 341 g/mol. The molecule has 2 heterocycles. The van der Waals surface area contributed by atoms with Gasteiger partial charge in [0.25, 0.3) is 0 Å². The fourth-order valence-corrected chi connectivity index (χ4v) is 4.15. The van der Waals surface area contributed by atoms with E-state index in [-0.39, 0.29) is 6.10 Å². The highest BCUT2D eigenvalue weighted by Gasteiger charge is 2.25. The van der Waals surface area contributed by atoms with Gasteiger partial charge in [-0.3, -0.25) is 4.68 Å². The van der Waals surface area contributed by atoms with E-state index in [4.69, 9.17) is 9.47 Å². The second-order valence-corrected chi connectivity index (χ2v) is 7.09. The summed E-state index contributed by atoms with van der Waals surface area (Å²) in [4.78, 5) is 0. The molecule has 2 aliphatic rings. The third-order valence-corrected chi connectivity index (χ3v) is 5.40. The molecule has 1 aromatic heterocycles. The Morgan fingerprint density at radius 2 is 2.28 bits per heavy atom. The maximum Gasteiger partial charge on any atom is 0.123 e. The summed E-state index contributed by atoms with van der Waals surface area (Å²) in [5.74, 6) is 1.96. The first-order chi connectivity index (χ1) is 12.2. The van der Waals surface area contributed by atoms with Crippen LogP contribution in [0.5, 0.6) is 11.5 Å². The van der Waals surface area contributed by atoms with E-state index in [1.54, 1.807) is 7.11 Å². The van der Waals surface area contributed by atoms with Crippen LogP contribution in [0.3, 0.4) is 0 Å². The van der Waals surface area contributed by atoms with Crippen LogP contribution < -0.4 is 14.8 Å². The summed E-state index contributed by atoms with van der Waals surface area (Å²) in [5, 5.41) is 8.26. The molecule has 1 aliphatic heterocycles. The third-order valence-electron chi connectivity index (χ3n) is 5.40. The van der Waals surface area contributed by atoms with Crippen molar-refractivity contribution in [3.8, 4) is 11.5 Å². The second-order valence-electron chi connectivity index (χ2n) is 7.09. The molecule has 134 valence electrons. The van der Waals surface area contributed by atoms with Gasteiger partial charge in [0.15, 0.2) is 0 Å². The molecule has 0 saturated carbocycles. The summed E-state index contributed by atoms with van der Waals surface area (Å²) in [6, 6.07) is 4.64. The molecule has 0 radical (unpaired) electrons. The molecule has 0 saturated heterocycles. The molecule has 1 aromatic carbocycles. The van der Waals surface area contributed by atoms with Gasteiger partial charge < -0.3 is 14.8 Å². The highest BCUT2D eigenvalue weighted by atomic mass is 16.5. The minimum atomic E-state index is 0.253. The largest absolute Gasteiger partial charge is 0.496 e. The topological polar surface area (TPSA) is 48.3 Å². The van der Waals surface area contributed by atoms with E-state index in [1.807, 2.05) is 6.20 Å². The predicted octanol–water partition coefficient (Wildman–Crippen LogP) is 3.40. The lowest BCUT2D eigenvalue weighted by Crippen LogP contribution is -2.25. The standard InChI is InChI=1S/C20H27N3O2/c1-4-23-18-7-5-6-17(16(18)12-22-23)21-11-15-10-20-14(8-13(2)25-20)9-19(15)24-3/h9-10,12-13,17,21H,4-8,11H2,1-3H3/t13-,17-/m0/s1. The highest BCUT2D eigenvalue weighted by Crippen LogP contribution is 2.36. The van der Waals surface area contributed by atoms with Crippen molar-refractivity contribution in [3.05, 3.63) is 40.7 Å². The number of nitrogens with zero attached hydrogens (tertiary/aromatic N) is 2. The average Bonchev–Trinajstić information content (AvgIpc) is 3.20. The number of nitrogens with one attached hydrogen (secondary N) is 1. The smallest absolute Gasteiger partial charge is 0.123 e. The molecule has 0 fully saturated rings. The molecule has 5 nitrogen and oxygen atoms in total. The van der Waals surface area contributed by atoms with Gasteiger partial charge in [-0.2, -0.15) is 5.10 Å². The van der Waals surface area contributed by atoms with E-state index in [2.05, 4.69) is 41.1 Å². The summed E-state index contributed by atoms with van der Waals surface area (Å²) in [6.07, 6.45) is 6.75. The Hall–Kier alpha value is -2.01. The molecule has 1 aliphatic carbocycles. The summed E-state index contributed by atoms with van der Waals surface area (Å²) in [6.45, 7) is 5.98. The van der Waals surface area contributed by atoms with Crippen LogP contribution in [0.2, 0.25) is 0 Å². The van der Waals surface area contributed by atoms with Crippen LogP contribution in [0.4, 0.5) is 0 Å². The van der Waals surface area contributed by atoms with Crippen LogP contribution in [0.15, 0.2) is 18.3 Å². The first kappa shape index (κ1) is 16.5. The van der Waals surface area contributed by atoms with E-state index in [9.17, 15) is 0 Å². The number of benzene rings is 1. The van der Waals surface area contributed by atoms with Gasteiger partial charge >= 0.3 is 0 Å². The van der Waals surface area contributed by atoms with Crippen molar-refractivity contribution in [3.63, 3.8) is 0 Å². The Balaban J connectivity index is 1.53. The van der Waals surface area contributed by atoms with E-state index in [1.165, 1.54) is 23.2 Å². The van der Waals surface area contributed by atoms with Crippen molar-refractivity contribution in [2.75, 3.05) is 7.11 Å². The maximum absolute atomic E-state index is 5.92. The minimum absolute atomic E-state index is 0.253. The molecular weight excluding hydrogens is 314 g/mol. The predicted molar refractivity (Wildman–Crippen MR) is 97.2 cm³/mol. The number of fused-ring (bicyclic) bond motifs is 2. The number of ether oxygens (including phenoxy) is 2. The van der Waals surface area contributed by atoms with E-state index in [0.717, 1.165) is 49.4 Å². The van der Waals surface area contributed by atoms with Gasteiger partial charge in [-0.05, 0) is 45.2 Å². The van der Waals surface area contributed by atoms with Gasteiger partial charge in [0.1, 0.15) is 17.6 Å². The fourth-order valence-electron chi connectivity index (χ4n) is 4.15. The second kappa shape index (κ2) is 6.71. The van der Waals surface area contributed by atoms with Crippen LogP contribution in [-0.4, -0.2) is 23.0 Å². The normalized spacial score (nSPS) is 21.6. The van der Waals surface area contributed by atoms with Crippen LogP contribution in [0, 0.1) is 0 Å². The summed E-state index contributed by atoms with van der Waals surface area (Å²) in [7, 11) is 1.74. The number of hydrogen-bond acceptors (Lipinski definition) is 4. The Bertz CT molecular complexity index is 769. The molecule has 2 aromatic rings. The average molecular weight is 341 g/mol. The number of rotatable bonds is 5. The fraction of sp³-hybridized carbons (Fsp3) is 0.550. The first-order valence-corrected chi connectivity index (χ1v) is 9.34. The molecule has 0 spiro atoms. The highest BCUT2D eigenvalue weighted by molar-refractivity contribution is 5.48. The number of methoxy groups -OCH3 is 1. The molecule has 5 heteroatoms. The quantitative estimate of drug-likeness (QED) is 0.905. The minimum Gasteiger partial charge on any atom is -0.496 e. The zero-order valence-electron chi connectivity index (χ0n) is 15.3. The van der Waals surface area contributed by atoms with Crippen LogP contribution in [0.1, 0.15) is 55.1 Å². The zero-order chi connectivity index (χ0) is 17.4. The van der Waals surface area contributed by atoms with Crippen molar-refractivity contribution < 1.29 is 9.47 Å². The van der Waals surface area contributed by atoms with Crippen molar-refractivity contribution in [1.82, 2.24) is 15.1 Å². The molecule has 25 heavy (non-hydrogen) atoms. The van der Waals surface area contributed by atoms with E-state index < -0.39 is 0 Å². The van der Waals surface area contributed by atoms with Crippen molar-refractivity contribution >= 4 is 0 Å². The maximum atomic E-state index is 5.92. The Morgan fingerprint density at radius 3 is 3.08 bits per heavy atom. The van der Waals surface area contributed by atoms with Crippen LogP contribution in [-0.2, 0) is 25.9 Å². The Kier molecular flexibility index (Phi) is 4.42. The third kappa shape index (κ3) is 3.01. The summed E-state index contributed by atoms with van der Waals surface area (Å²) >= 11 is 0. The van der Waals surface area contributed by atoms with Gasteiger partial charge in [-0.15, -0.1) is 0 Å². The summed E-state index contributed by atoms with van der Waals surface area (Å²) < 4.78 is 13.7. The number of aromatic nitrogens is 2. The number of hydrogen-bond donors (Lipinski definition) is 1. The van der Waals surface area contributed by atoms with Crippen molar-refractivity contribution in [1.29, 1.82) is 0 Å². The molecular formula is C20H27N3O2. The molecule has 0 unspecified atom stereocenters. The van der Waals surface area contributed by atoms with Gasteiger partial charge in [0.05, 0.1) is 13.3 Å². The van der Waals surface area contributed by atoms with Crippen molar-refractivity contribution in [2.24, 2.45) is 0 Å². The van der Waals surface area contributed by atoms with Gasteiger partial charge in [0.2, 0.25) is 0 Å². The molecule has 2 atom stereocenters. The first-order valence-electron chi connectivity index (χ1n) is 9.34. The van der Waals surface area contributed by atoms with Crippen LogP contribution in [0.25, 0.3) is 0 Å². The Morgan fingerprint density at radius 1 is 1.40 bits per heavy atom. The molecule has 1 N–H and O–H groups in total. The summed E-state index contributed by atoms with van der Waals surface area (Å²) in [5.41, 5.74) is 5.16.